The van der Waals surface area contributed by atoms with E-state index in [1.807, 2.05) is 0 Å². The van der Waals surface area contributed by atoms with Gasteiger partial charge in [-0.1, -0.05) is 65.2 Å². The average Bonchev–Trinajstić information content (AvgIpc) is 2.88. The minimum absolute atomic E-state index is 0.512. The van der Waals surface area contributed by atoms with Crippen molar-refractivity contribution < 1.29 is 0 Å². The van der Waals surface area contributed by atoms with Crippen molar-refractivity contribution in [2.75, 3.05) is 0 Å². The van der Waals surface area contributed by atoms with E-state index in [1.54, 1.807) is 0 Å². The lowest BCUT2D eigenvalue weighted by Gasteiger charge is -2.36. The van der Waals surface area contributed by atoms with Crippen molar-refractivity contribution in [1.29, 1.82) is 0 Å². The second-order valence-corrected chi connectivity index (χ2v) is 6.20. The SMILES string of the molecule is CCCCCCCCC(NN)C1(CC)CCCC1. The molecular formula is C16H34N2. The molecule has 2 heteroatoms. The highest BCUT2D eigenvalue weighted by Gasteiger charge is 2.38. The van der Waals surface area contributed by atoms with E-state index in [1.165, 1.54) is 77.0 Å². The zero-order valence-corrected chi connectivity index (χ0v) is 12.6. The smallest absolute Gasteiger partial charge is 0.0266 e. The molecule has 0 heterocycles. The summed E-state index contributed by atoms with van der Waals surface area (Å²) in [5.41, 5.74) is 3.65. The molecule has 1 atom stereocenters. The van der Waals surface area contributed by atoms with E-state index in [9.17, 15) is 0 Å². The first-order valence-electron chi connectivity index (χ1n) is 8.25. The highest BCUT2D eigenvalue weighted by Crippen LogP contribution is 2.45. The summed E-state index contributed by atoms with van der Waals surface area (Å²) < 4.78 is 0. The number of nitrogens with two attached hydrogens (primary N) is 1. The van der Waals surface area contributed by atoms with E-state index < -0.39 is 0 Å². The molecular weight excluding hydrogens is 220 g/mol. The Morgan fingerprint density at radius 3 is 2.17 bits per heavy atom. The summed E-state index contributed by atoms with van der Waals surface area (Å²) in [6, 6.07) is 0.552. The quantitative estimate of drug-likeness (QED) is 0.341. The van der Waals surface area contributed by atoms with Crippen molar-refractivity contribution in [3.8, 4) is 0 Å². The topological polar surface area (TPSA) is 38.0 Å². The fourth-order valence-corrected chi connectivity index (χ4v) is 3.72. The van der Waals surface area contributed by atoms with Crippen LogP contribution in [0.1, 0.15) is 90.9 Å². The van der Waals surface area contributed by atoms with E-state index in [2.05, 4.69) is 19.3 Å². The molecule has 1 fully saturated rings. The molecule has 3 N–H and O–H groups in total. The van der Waals surface area contributed by atoms with Crippen LogP contribution in [-0.2, 0) is 0 Å². The highest BCUT2D eigenvalue weighted by atomic mass is 15.2. The number of nitrogens with one attached hydrogen (secondary N) is 1. The number of hydrogen-bond donors (Lipinski definition) is 2. The Morgan fingerprint density at radius 2 is 1.61 bits per heavy atom. The molecule has 0 aromatic rings. The van der Waals surface area contributed by atoms with Crippen LogP contribution in [0.4, 0.5) is 0 Å². The molecule has 1 rings (SSSR count). The summed E-state index contributed by atoms with van der Waals surface area (Å²) in [5, 5.41) is 0. The standard InChI is InChI=1S/C16H34N2/c1-3-5-6-7-8-9-12-15(18-17)16(4-2)13-10-11-14-16/h15,18H,3-14,17H2,1-2H3. The minimum Gasteiger partial charge on any atom is -0.271 e. The molecule has 0 spiro atoms. The number of unbranched alkanes of at least 4 members (excludes halogenated alkanes) is 5. The van der Waals surface area contributed by atoms with Gasteiger partial charge in [0.05, 0.1) is 0 Å². The zero-order valence-electron chi connectivity index (χ0n) is 12.6. The van der Waals surface area contributed by atoms with Gasteiger partial charge in [0.15, 0.2) is 0 Å². The van der Waals surface area contributed by atoms with E-state index in [0.29, 0.717) is 11.5 Å². The van der Waals surface area contributed by atoms with Crippen molar-refractivity contribution in [3.63, 3.8) is 0 Å². The predicted molar refractivity (Wildman–Crippen MR) is 80.3 cm³/mol. The summed E-state index contributed by atoms with van der Waals surface area (Å²) in [4.78, 5) is 0. The third-order valence-corrected chi connectivity index (χ3v) is 5.09. The monoisotopic (exact) mass is 254 g/mol. The van der Waals surface area contributed by atoms with Crippen LogP contribution in [0.2, 0.25) is 0 Å². The van der Waals surface area contributed by atoms with Gasteiger partial charge in [-0.15, -0.1) is 0 Å². The van der Waals surface area contributed by atoms with Crippen LogP contribution in [0.5, 0.6) is 0 Å². The third kappa shape index (κ3) is 4.55. The summed E-state index contributed by atoms with van der Waals surface area (Å²) in [6.45, 7) is 4.62. The summed E-state index contributed by atoms with van der Waals surface area (Å²) in [5.74, 6) is 5.83. The first kappa shape index (κ1) is 16.0. The van der Waals surface area contributed by atoms with Crippen LogP contribution >= 0.6 is 0 Å². The number of hydrogen-bond acceptors (Lipinski definition) is 2. The van der Waals surface area contributed by atoms with Crippen LogP contribution < -0.4 is 11.3 Å². The Labute approximate surface area is 114 Å². The maximum absolute atomic E-state index is 5.83. The zero-order chi connectivity index (χ0) is 13.3. The summed E-state index contributed by atoms with van der Waals surface area (Å²) >= 11 is 0. The number of hydrazine groups is 1. The van der Waals surface area contributed by atoms with Gasteiger partial charge in [-0.2, -0.15) is 0 Å². The van der Waals surface area contributed by atoms with E-state index in [4.69, 9.17) is 5.84 Å². The highest BCUT2D eigenvalue weighted by molar-refractivity contribution is 4.92. The molecule has 0 aromatic heterocycles. The van der Waals surface area contributed by atoms with E-state index >= 15 is 0 Å². The molecule has 0 saturated heterocycles. The second kappa shape index (κ2) is 8.92. The molecule has 18 heavy (non-hydrogen) atoms. The van der Waals surface area contributed by atoms with Gasteiger partial charge >= 0.3 is 0 Å². The lowest BCUT2D eigenvalue weighted by atomic mass is 9.74. The van der Waals surface area contributed by atoms with Gasteiger partial charge in [-0.05, 0) is 31.1 Å². The van der Waals surface area contributed by atoms with Gasteiger partial charge in [0.25, 0.3) is 0 Å². The van der Waals surface area contributed by atoms with Gasteiger partial charge in [0, 0.05) is 6.04 Å². The van der Waals surface area contributed by atoms with Crippen molar-refractivity contribution in [3.05, 3.63) is 0 Å². The van der Waals surface area contributed by atoms with Gasteiger partial charge < -0.3 is 0 Å². The molecule has 0 aromatic carbocycles. The van der Waals surface area contributed by atoms with E-state index in [0.717, 1.165) is 0 Å². The fraction of sp³-hybridized carbons (Fsp3) is 1.00. The molecule has 0 aliphatic heterocycles. The molecule has 0 bridgehead atoms. The number of rotatable bonds is 10. The van der Waals surface area contributed by atoms with Crippen LogP contribution in [0.3, 0.4) is 0 Å². The lowest BCUT2D eigenvalue weighted by Crippen LogP contribution is -2.47. The lowest BCUT2D eigenvalue weighted by molar-refractivity contribution is 0.174. The molecule has 1 aliphatic carbocycles. The van der Waals surface area contributed by atoms with Gasteiger partial charge in [-0.25, -0.2) is 0 Å². The molecule has 0 radical (unpaired) electrons. The van der Waals surface area contributed by atoms with E-state index in [-0.39, 0.29) is 0 Å². The third-order valence-electron chi connectivity index (χ3n) is 5.09. The minimum atomic E-state index is 0.512. The van der Waals surface area contributed by atoms with Crippen LogP contribution in [0.15, 0.2) is 0 Å². The Hall–Kier alpha value is -0.0800. The molecule has 1 aliphatic rings. The maximum Gasteiger partial charge on any atom is 0.0266 e. The first-order valence-corrected chi connectivity index (χ1v) is 8.25. The maximum atomic E-state index is 5.83. The van der Waals surface area contributed by atoms with Crippen molar-refractivity contribution >= 4 is 0 Å². The molecule has 0 amide bonds. The Bertz CT molecular complexity index is 197. The average molecular weight is 254 g/mol. The summed E-state index contributed by atoms with van der Waals surface area (Å²) in [6.07, 6.45) is 16.4. The predicted octanol–water partition coefficient (Wildman–Crippen LogP) is 4.54. The van der Waals surface area contributed by atoms with Crippen molar-refractivity contribution in [1.82, 2.24) is 5.43 Å². The van der Waals surface area contributed by atoms with Gasteiger partial charge in [0.1, 0.15) is 0 Å². The van der Waals surface area contributed by atoms with Crippen molar-refractivity contribution in [2.45, 2.75) is 96.9 Å². The largest absolute Gasteiger partial charge is 0.271 e. The fourth-order valence-electron chi connectivity index (χ4n) is 3.72. The molecule has 2 nitrogen and oxygen atoms in total. The molecule has 108 valence electrons. The van der Waals surface area contributed by atoms with Crippen LogP contribution in [0, 0.1) is 5.41 Å². The second-order valence-electron chi connectivity index (χ2n) is 6.20. The first-order chi connectivity index (χ1) is 8.79. The van der Waals surface area contributed by atoms with Crippen LogP contribution in [0.25, 0.3) is 0 Å². The normalized spacial score (nSPS) is 20.2. The Balaban J connectivity index is 2.24. The summed E-state index contributed by atoms with van der Waals surface area (Å²) in [7, 11) is 0. The van der Waals surface area contributed by atoms with Gasteiger partial charge in [-0.3, -0.25) is 11.3 Å². The Morgan fingerprint density at radius 1 is 1.00 bits per heavy atom. The Kier molecular flexibility index (Phi) is 7.92. The van der Waals surface area contributed by atoms with Crippen LogP contribution in [-0.4, -0.2) is 6.04 Å². The molecule has 1 unspecified atom stereocenters. The molecule has 1 saturated carbocycles. The van der Waals surface area contributed by atoms with Crippen molar-refractivity contribution in [2.24, 2.45) is 11.3 Å². The van der Waals surface area contributed by atoms with Gasteiger partial charge in [0.2, 0.25) is 0 Å².